The Labute approximate surface area is 84.9 Å². The van der Waals surface area contributed by atoms with E-state index in [1.807, 2.05) is 0 Å². The average molecular weight is 205 g/mol. The second-order valence-electron chi connectivity index (χ2n) is 3.96. The van der Waals surface area contributed by atoms with Crippen molar-refractivity contribution in [2.45, 2.75) is 45.9 Å². The van der Waals surface area contributed by atoms with Gasteiger partial charge in [-0.25, -0.2) is 0 Å². The monoisotopic (exact) mass is 205 g/mol. The van der Waals surface area contributed by atoms with E-state index in [0.29, 0.717) is 17.2 Å². The predicted molar refractivity (Wildman–Crippen MR) is 60.4 cm³/mol. The van der Waals surface area contributed by atoms with Gasteiger partial charge in [-0.15, -0.1) is 0 Å². The molecule has 0 bridgehead atoms. The molecule has 1 N–H and O–H groups in total. The van der Waals surface area contributed by atoms with Crippen molar-refractivity contribution in [3.05, 3.63) is 0 Å². The molecule has 0 rings (SSSR count). The fourth-order valence-electron chi connectivity index (χ4n) is 1.11. The summed E-state index contributed by atoms with van der Waals surface area (Å²) in [7, 11) is -0.689. The van der Waals surface area contributed by atoms with Crippen molar-refractivity contribution < 1.29 is 4.21 Å². The summed E-state index contributed by atoms with van der Waals surface area (Å²) in [4.78, 5) is 0. The highest BCUT2D eigenvalue weighted by Gasteiger charge is 2.16. The van der Waals surface area contributed by atoms with Crippen molar-refractivity contribution in [1.82, 2.24) is 5.32 Å². The third-order valence-corrected chi connectivity index (χ3v) is 4.52. The van der Waals surface area contributed by atoms with E-state index in [1.165, 1.54) is 0 Å². The molecule has 0 radical (unpaired) electrons. The minimum absolute atomic E-state index is 0.307. The molecule has 3 heteroatoms. The maximum Gasteiger partial charge on any atom is 0.0388 e. The Morgan fingerprint density at radius 1 is 1.23 bits per heavy atom. The van der Waals surface area contributed by atoms with Gasteiger partial charge >= 0.3 is 0 Å². The smallest absolute Gasteiger partial charge is 0.0388 e. The lowest BCUT2D eigenvalue weighted by molar-refractivity contribution is 0.581. The highest BCUT2D eigenvalue weighted by atomic mass is 32.2. The summed E-state index contributed by atoms with van der Waals surface area (Å²) in [6.45, 7) is 11.4. The topological polar surface area (TPSA) is 29.1 Å². The Morgan fingerprint density at radius 3 is 2.15 bits per heavy atom. The van der Waals surface area contributed by atoms with Gasteiger partial charge in [0.05, 0.1) is 0 Å². The molecule has 0 saturated heterocycles. The zero-order chi connectivity index (χ0) is 10.4. The largest absolute Gasteiger partial charge is 0.314 e. The quantitative estimate of drug-likeness (QED) is 0.716. The van der Waals surface area contributed by atoms with Crippen molar-refractivity contribution in [3.63, 3.8) is 0 Å². The first-order valence-corrected chi connectivity index (χ1v) is 6.47. The molecule has 0 saturated carbocycles. The molecular weight excluding hydrogens is 182 g/mol. The Kier molecular flexibility index (Phi) is 6.60. The molecule has 0 aliphatic rings. The zero-order valence-corrected chi connectivity index (χ0v) is 10.3. The Bertz CT molecular complexity index is 159. The molecule has 0 aromatic carbocycles. The SMILES string of the molecule is CCNC(C)CS(=O)C(C)C(C)C. The second-order valence-corrected chi connectivity index (χ2v) is 5.79. The summed E-state index contributed by atoms with van der Waals surface area (Å²) in [6.07, 6.45) is 0. The molecule has 2 nitrogen and oxygen atoms in total. The van der Waals surface area contributed by atoms with Crippen LogP contribution in [0.4, 0.5) is 0 Å². The molecule has 0 aliphatic carbocycles. The summed E-state index contributed by atoms with van der Waals surface area (Å²) in [5.74, 6) is 1.28. The summed E-state index contributed by atoms with van der Waals surface area (Å²) in [6, 6.07) is 0.368. The molecule has 3 unspecified atom stereocenters. The van der Waals surface area contributed by atoms with Gasteiger partial charge in [-0.1, -0.05) is 27.7 Å². The van der Waals surface area contributed by atoms with E-state index >= 15 is 0 Å². The van der Waals surface area contributed by atoms with E-state index < -0.39 is 10.8 Å². The van der Waals surface area contributed by atoms with Crippen LogP contribution in [0.3, 0.4) is 0 Å². The van der Waals surface area contributed by atoms with E-state index in [-0.39, 0.29) is 0 Å². The summed E-state index contributed by atoms with van der Waals surface area (Å²) in [5, 5.41) is 3.58. The van der Waals surface area contributed by atoms with Gasteiger partial charge in [0.2, 0.25) is 0 Å². The lowest BCUT2D eigenvalue weighted by Crippen LogP contribution is -2.34. The summed E-state index contributed by atoms with van der Waals surface area (Å²) >= 11 is 0. The maximum absolute atomic E-state index is 11.7. The molecule has 0 heterocycles. The zero-order valence-electron chi connectivity index (χ0n) is 9.46. The molecule has 3 atom stereocenters. The molecule has 0 fully saturated rings. The number of hydrogen-bond acceptors (Lipinski definition) is 2. The first kappa shape index (κ1) is 13.1. The molecule has 13 heavy (non-hydrogen) atoms. The van der Waals surface area contributed by atoms with E-state index in [2.05, 4.69) is 39.9 Å². The van der Waals surface area contributed by atoms with Gasteiger partial charge in [0, 0.05) is 27.8 Å². The van der Waals surface area contributed by atoms with Crippen LogP contribution in [0.1, 0.15) is 34.6 Å². The first-order valence-electron chi connectivity index (χ1n) is 5.09. The predicted octanol–water partition coefficient (Wildman–Crippen LogP) is 1.78. The van der Waals surface area contributed by atoms with Crippen LogP contribution in [0.15, 0.2) is 0 Å². The van der Waals surface area contributed by atoms with Crippen LogP contribution >= 0.6 is 0 Å². The standard InChI is InChI=1S/C10H23NOS/c1-6-11-9(4)7-13(12)10(5)8(2)3/h8-11H,6-7H2,1-5H3. The molecule has 0 amide bonds. The lowest BCUT2D eigenvalue weighted by Gasteiger charge is -2.18. The van der Waals surface area contributed by atoms with Gasteiger partial charge in [0.25, 0.3) is 0 Å². The lowest BCUT2D eigenvalue weighted by atomic mass is 10.2. The normalized spacial score (nSPS) is 18.6. The van der Waals surface area contributed by atoms with Crippen molar-refractivity contribution in [1.29, 1.82) is 0 Å². The fraction of sp³-hybridized carbons (Fsp3) is 1.00. The Morgan fingerprint density at radius 2 is 1.77 bits per heavy atom. The van der Waals surface area contributed by atoms with Crippen LogP contribution < -0.4 is 5.32 Å². The van der Waals surface area contributed by atoms with E-state index in [4.69, 9.17) is 0 Å². The van der Waals surface area contributed by atoms with Crippen LogP contribution in [0, 0.1) is 5.92 Å². The van der Waals surface area contributed by atoms with Crippen LogP contribution in [0.2, 0.25) is 0 Å². The fourth-order valence-corrected chi connectivity index (χ4v) is 2.63. The maximum atomic E-state index is 11.7. The van der Waals surface area contributed by atoms with Crippen LogP contribution in [0.5, 0.6) is 0 Å². The number of nitrogens with one attached hydrogen (secondary N) is 1. The third-order valence-electron chi connectivity index (χ3n) is 2.32. The van der Waals surface area contributed by atoms with Crippen LogP contribution in [-0.4, -0.2) is 27.8 Å². The van der Waals surface area contributed by atoms with Gasteiger partial charge in [-0.05, 0) is 19.4 Å². The van der Waals surface area contributed by atoms with Gasteiger partial charge in [0.1, 0.15) is 0 Å². The van der Waals surface area contributed by atoms with E-state index in [0.717, 1.165) is 12.3 Å². The Hall–Kier alpha value is 0.110. The van der Waals surface area contributed by atoms with E-state index in [9.17, 15) is 4.21 Å². The van der Waals surface area contributed by atoms with Gasteiger partial charge in [0.15, 0.2) is 0 Å². The average Bonchev–Trinajstić information content (AvgIpc) is 2.03. The summed E-state index contributed by atoms with van der Waals surface area (Å²) < 4.78 is 11.7. The van der Waals surface area contributed by atoms with Crippen LogP contribution in [-0.2, 0) is 10.8 Å². The molecule has 0 aromatic heterocycles. The highest BCUT2D eigenvalue weighted by molar-refractivity contribution is 7.85. The van der Waals surface area contributed by atoms with E-state index in [1.54, 1.807) is 0 Å². The molecule has 0 aromatic rings. The minimum atomic E-state index is -0.689. The third kappa shape index (κ3) is 5.42. The van der Waals surface area contributed by atoms with Crippen LogP contribution in [0.25, 0.3) is 0 Å². The van der Waals surface area contributed by atoms with Crippen molar-refractivity contribution >= 4 is 10.8 Å². The molecule has 0 spiro atoms. The molecule has 0 aliphatic heterocycles. The molecule has 80 valence electrons. The van der Waals surface area contributed by atoms with Gasteiger partial charge in [-0.3, -0.25) is 4.21 Å². The minimum Gasteiger partial charge on any atom is -0.314 e. The summed E-state index contributed by atoms with van der Waals surface area (Å²) in [5.41, 5.74) is 0. The number of hydrogen-bond donors (Lipinski definition) is 1. The van der Waals surface area contributed by atoms with Crippen molar-refractivity contribution in [3.8, 4) is 0 Å². The van der Waals surface area contributed by atoms with Gasteiger partial charge in [-0.2, -0.15) is 0 Å². The number of rotatable bonds is 6. The van der Waals surface area contributed by atoms with Gasteiger partial charge < -0.3 is 5.32 Å². The second kappa shape index (κ2) is 6.55. The highest BCUT2D eigenvalue weighted by Crippen LogP contribution is 2.09. The first-order chi connectivity index (χ1) is 5.99. The Balaban J connectivity index is 3.85. The van der Waals surface area contributed by atoms with Crippen molar-refractivity contribution in [2.24, 2.45) is 5.92 Å². The van der Waals surface area contributed by atoms with Crippen molar-refractivity contribution in [2.75, 3.05) is 12.3 Å². The molecular formula is C10H23NOS.